The molecular weight excluding hydrogens is 452 g/mol. The molecule has 1 aromatic heterocycles. The van der Waals surface area contributed by atoms with E-state index in [4.69, 9.17) is 5.73 Å². The normalized spacial score (nSPS) is 11.1. The average Bonchev–Trinajstić information content (AvgIpc) is 2.94. The van der Waals surface area contributed by atoms with E-state index in [1.165, 1.54) is 32.7 Å². The molecule has 5 aromatic carbocycles. The molecule has 6 aromatic rings. The zero-order valence-corrected chi connectivity index (χ0v) is 20.7. The van der Waals surface area contributed by atoms with Gasteiger partial charge in [-0.3, -0.25) is 4.98 Å². The number of nitrogens with two attached hydrogens (primary N) is 1. The topological polar surface area (TPSA) is 63.0 Å². The summed E-state index contributed by atoms with van der Waals surface area (Å²) in [5.41, 5.74) is 14.2. The molecule has 0 saturated carbocycles. The second-order valence-corrected chi connectivity index (χ2v) is 9.40. The molecule has 4 nitrogen and oxygen atoms in total. The summed E-state index contributed by atoms with van der Waals surface area (Å²) in [5, 5.41) is 12.1. The first-order chi connectivity index (χ1) is 18.1. The summed E-state index contributed by atoms with van der Waals surface area (Å²) in [7, 11) is 0. The Morgan fingerprint density at radius 3 is 2.27 bits per heavy atom. The highest BCUT2D eigenvalue weighted by atomic mass is 14.9. The van der Waals surface area contributed by atoms with Gasteiger partial charge >= 0.3 is 0 Å². The van der Waals surface area contributed by atoms with Crippen LogP contribution in [0.2, 0.25) is 0 Å². The van der Waals surface area contributed by atoms with Crippen molar-refractivity contribution in [2.24, 2.45) is 0 Å². The molecule has 0 aliphatic heterocycles. The first-order valence-electron chi connectivity index (χ1n) is 12.5. The van der Waals surface area contributed by atoms with Crippen LogP contribution in [-0.2, 0) is 6.54 Å². The van der Waals surface area contributed by atoms with Crippen molar-refractivity contribution in [2.75, 3.05) is 16.4 Å². The predicted molar refractivity (Wildman–Crippen MR) is 157 cm³/mol. The van der Waals surface area contributed by atoms with Gasteiger partial charge in [0.15, 0.2) is 0 Å². The zero-order valence-electron chi connectivity index (χ0n) is 20.7. The Balaban J connectivity index is 1.15. The number of benzene rings is 5. The molecule has 0 aliphatic carbocycles. The smallest absolute Gasteiger partial charge is 0.0703 e. The summed E-state index contributed by atoms with van der Waals surface area (Å²) in [6.07, 6.45) is 1.69. The Morgan fingerprint density at radius 1 is 0.703 bits per heavy atom. The maximum absolute atomic E-state index is 5.74. The van der Waals surface area contributed by atoms with Crippen LogP contribution in [0.1, 0.15) is 11.1 Å². The second kappa shape index (κ2) is 9.67. The molecule has 180 valence electrons. The lowest BCUT2D eigenvalue weighted by molar-refractivity contribution is 1.15. The standard InChI is InChI=1S/C33H28N4/c1-22-6-16-33(31-5-3-2-4-30(22)31)37-29-15-11-25-18-23(7-8-26(25)19-29)20-35-28-13-9-24(10-14-28)32-17-12-27(34)21-36-32/h2-19,21,35,37H,20,34H2,1H3. The number of aryl methyl sites for hydroxylation is 1. The highest BCUT2D eigenvalue weighted by Gasteiger charge is 2.05. The number of nitrogens with one attached hydrogen (secondary N) is 2. The number of hydrogen-bond acceptors (Lipinski definition) is 4. The fourth-order valence-corrected chi connectivity index (χ4v) is 4.74. The molecule has 0 bridgehead atoms. The maximum atomic E-state index is 5.74. The van der Waals surface area contributed by atoms with Gasteiger partial charge in [0.05, 0.1) is 17.6 Å². The Bertz CT molecular complexity index is 1700. The number of nitrogens with zero attached hydrogens (tertiary/aromatic N) is 1. The molecule has 0 radical (unpaired) electrons. The van der Waals surface area contributed by atoms with Crippen molar-refractivity contribution in [2.45, 2.75) is 13.5 Å². The lowest BCUT2D eigenvalue weighted by atomic mass is 10.0. The fraction of sp³-hybridized carbons (Fsp3) is 0.0606. The van der Waals surface area contributed by atoms with Crippen molar-refractivity contribution in [3.05, 3.63) is 127 Å². The Kier molecular flexibility index (Phi) is 5.91. The third-order valence-electron chi connectivity index (χ3n) is 6.79. The van der Waals surface area contributed by atoms with E-state index < -0.39 is 0 Å². The van der Waals surface area contributed by atoms with E-state index >= 15 is 0 Å². The minimum Gasteiger partial charge on any atom is -0.397 e. The molecule has 6 rings (SSSR count). The van der Waals surface area contributed by atoms with Gasteiger partial charge in [0, 0.05) is 34.6 Å². The molecular formula is C33H28N4. The third kappa shape index (κ3) is 4.82. The highest BCUT2D eigenvalue weighted by molar-refractivity contribution is 5.98. The van der Waals surface area contributed by atoms with E-state index in [9.17, 15) is 0 Å². The van der Waals surface area contributed by atoms with Crippen molar-refractivity contribution in [3.8, 4) is 11.3 Å². The summed E-state index contributed by atoms with van der Waals surface area (Å²) < 4.78 is 0. The van der Waals surface area contributed by atoms with Crippen LogP contribution in [0.5, 0.6) is 0 Å². The van der Waals surface area contributed by atoms with Crippen molar-refractivity contribution in [1.82, 2.24) is 4.98 Å². The summed E-state index contributed by atoms with van der Waals surface area (Å²) in [6, 6.07) is 38.2. The monoisotopic (exact) mass is 480 g/mol. The van der Waals surface area contributed by atoms with Crippen LogP contribution in [0.4, 0.5) is 22.7 Å². The van der Waals surface area contributed by atoms with E-state index in [1.54, 1.807) is 6.20 Å². The number of fused-ring (bicyclic) bond motifs is 2. The van der Waals surface area contributed by atoms with Crippen LogP contribution in [0.15, 0.2) is 115 Å². The largest absolute Gasteiger partial charge is 0.397 e. The first-order valence-corrected chi connectivity index (χ1v) is 12.5. The number of hydrogen-bond donors (Lipinski definition) is 3. The van der Waals surface area contributed by atoms with Gasteiger partial charge in [-0.05, 0) is 82.7 Å². The number of rotatable bonds is 6. The lowest BCUT2D eigenvalue weighted by Crippen LogP contribution is -1.99. The van der Waals surface area contributed by atoms with E-state index in [0.29, 0.717) is 5.69 Å². The molecule has 0 aliphatic rings. The van der Waals surface area contributed by atoms with Gasteiger partial charge in [-0.1, -0.05) is 60.7 Å². The van der Waals surface area contributed by atoms with Gasteiger partial charge < -0.3 is 16.4 Å². The lowest BCUT2D eigenvalue weighted by Gasteiger charge is -2.13. The summed E-state index contributed by atoms with van der Waals surface area (Å²) in [6.45, 7) is 2.91. The molecule has 0 atom stereocenters. The second-order valence-electron chi connectivity index (χ2n) is 9.40. The summed E-state index contributed by atoms with van der Waals surface area (Å²) in [5.74, 6) is 0. The van der Waals surface area contributed by atoms with Crippen LogP contribution in [0, 0.1) is 6.92 Å². The Morgan fingerprint density at radius 2 is 1.46 bits per heavy atom. The first kappa shape index (κ1) is 22.6. The van der Waals surface area contributed by atoms with Crippen LogP contribution >= 0.6 is 0 Å². The predicted octanol–water partition coefficient (Wildman–Crippen LogP) is 8.30. The van der Waals surface area contributed by atoms with Gasteiger partial charge in [0.25, 0.3) is 0 Å². The van der Waals surface area contributed by atoms with Gasteiger partial charge in [0.1, 0.15) is 0 Å². The van der Waals surface area contributed by atoms with Crippen molar-refractivity contribution in [3.63, 3.8) is 0 Å². The SMILES string of the molecule is Cc1ccc(Nc2ccc3cc(CNc4ccc(-c5ccc(N)cn5)cc4)ccc3c2)c2ccccc12. The van der Waals surface area contributed by atoms with E-state index in [2.05, 4.69) is 120 Å². The van der Waals surface area contributed by atoms with Crippen LogP contribution in [0.3, 0.4) is 0 Å². The van der Waals surface area contributed by atoms with E-state index in [-0.39, 0.29) is 0 Å². The quantitative estimate of drug-likeness (QED) is 0.224. The fourth-order valence-electron chi connectivity index (χ4n) is 4.74. The van der Waals surface area contributed by atoms with Crippen molar-refractivity contribution < 1.29 is 0 Å². The van der Waals surface area contributed by atoms with Crippen LogP contribution < -0.4 is 16.4 Å². The van der Waals surface area contributed by atoms with Crippen LogP contribution in [-0.4, -0.2) is 4.98 Å². The molecule has 0 spiro atoms. The zero-order chi connectivity index (χ0) is 25.2. The number of aromatic nitrogens is 1. The molecule has 0 amide bonds. The van der Waals surface area contributed by atoms with Gasteiger partial charge in [-0.15, -0.1) is 0 Å². The molecule has 1 heterocycles. The molecule has 0 unspecified atom stereocenters. The maximum Gasteiger partial charge on any atom is 0.0703 e. The number of pyridine rings is 1. The minimum atomic E-state index is 0.671. The van der Waals surface area contributed by atoms with Crippen LogP contribution in [0.25, 0.3) is 32.8 Å². The number of nitrogen functional groups attached to an aromatic ring is 1. The van der Waals surface area contributed by atoms with Gasteiger partial charge in [0.2, 0.25) is 0 Å². The minimum absolute atomic E-state index is 0.671. The molecule has 4 N–H and O–H groups in total. The Labute approximate surface area is 216 Å². The summed E-state index contributed by atoms with van der Waals surface area (Å²) >= 11 is 0. The molecule has 0 fully saturated rings. The van der Waals surface area contributed by atoms with Crippen molar-refractivity contribution >= 4 is 44.3 Å². The van der Waals surface area contributed by atoms with Crippen molar-refractivity contribution in [1.29, 1.82) is 0 Å². The average molecular weight is 481 g/mol. The summed E-state index contributed by atoms with van der Waals surface area (Å²) in [4.78, 5) is 4.40. The molecule has 37 heavy (non-hydrogen) atoms. The Hall–Kier alpha value is -4.83. The highest BCUT2D eigenvalue weighted by Crippen LogP contribution is 2.30. The van der Waals surface area contributed by atoms with Gasteiger partial charge in [-0.2, -0.15) is 0 Å². The van der Waals surface area contributed by atoms with E-state index in [0.717, 1.165) is 34.9 Å². The van der Waals surface area contributed by atoms with Gasteiger partial charge in [-0.25, -0.2) is 0 Å². The number of anilines is 4. The van der Waals surface area contributed by atoms with E-state index in [1.807, 2.05) is 12.1 Å². The molecule has 0 saturated heterocycles. The third-order valence-corrected chi connectivity index (χ3v) is 6.79. The molecule has 4 heteroatoms.